The molecule has 5 heteroatoms. The molecule has 0 heterocycles. The summed E-state index contributed by atoms with van der Waals surface area (Å²) < 4.78 is 26.2. The predicted octanol–water partition coefficient (Wildman–Crippen LogP) is 1.08. The van der Waals surface area contributed by atoms with Crippen LogP contribution in [-0.4, -0.2) is 21.5 Å². The van der Waals surface area contributed by atoms with E-state index in [2.05, 4.69) is 4.72 Å². The Hall–Kier alpha value is -1.43. The van der Waals surface area contributed by atoms with Gasteiger partial charge >= 0.3 is 0 Å². The van der Waals surface area contributed by atoms with Gasteiger partial charge < -0.3 is 5.73 Å². The van der Waals surface area contributed by atoms with Crippen LogP contribution >= 0.6 is 0 Å². The lowest BCUT2D eigenvalue weighted by atomic mass is 10.1. The first-order valence-electron chi connectivity index (χ1n) is 5.32. The van der Waals surface area contributed by atoms with Crippen LogP contribution in [0.15, 0.2) is 47.4 Å². The van der Waals surface area contributed by atoms with Gasteiger partial charge in [-0.05, 0) is 22.9 Å². The van der Waals surface area contributed by atoms with Crippen LogP contribution in [0.1, 0.15) is 0 Å². The minimum absolute atomic E-state index is 0.245. The van der Waals surface area contributed by atoms with E-state index in [9.17, 15) is 8.42 Å². The fourth-order valence-corrected chi connectivity index (χ4v) is 2.69. The first kappa shape index (κ1) is 12.0. The van der Waals surface area contributed by atoms with Gasteiger partial charge in [0.25, 0.3) is 0 Å². The average molecular weight is 250 g/mol. The van der Waals surface area contributed by atoms with Crippen molar-refractivity contribution in [3.8, 4) is 0 Å². The molecule has 3 N–H and O–H groups in total. The van der Waals surface area contributed by atoms with E-state index in [1.165, 1.54) is 0 Å². The van der Waals surface area contributed by atoms with E-state index in [0.717, 1.165) is 10.8 Å². The summed E-state index contributed by atoms with van der Waals surface area (Å²) >= 11 is 0. The highest BCUT2D eigenvalue weighted by molar-refractivity contribution is 7.89. The summed E-state index contributed by atoms with van der Waals surface area (Å²) in [5.74, 6) is 0. The molecule has 0 radical (unpaired) electrons. The second kappa shape index (κ2) is 4.83. The quantitative estimate of drug-likeness (QED) is 0.852. The molecule has 0 aliphatic rings. The van der Waals surface area contributed by atoms with Crippen LogP contribution in [0, 0.1) is 0 Å². The number of fused-ring (bicyclic) bond motifs is 1. The van der Waals surface area contributed by atoms with Gasteiger partial charge in [0.1, 0.15) is 0 Å². The van der Waals surface area contributed by atoms with Crippen molar-refractivity contribution >= 4 is 20.8 Å². The third kappa shape index (κ3) is 2.63. The zero-order chi connectivity index (χ0) is 12.3. The summed E-state index contributed by atoms with van der Waals surface area (Å²) in [6.07, 6.45) is 0. The first-order valence-corrected chi connectivity index (χ1v) is 6.80. The standard InChI is InChI=1S/C12H14N2O2S/c13-7-8-14-17(15,16)12-6-5-10-3-1-2-4-11(10)9-12/h1-6,9,14H,7-8,13H2. The van der Waals surface area contributed by atoms with Gasteiger partial charge in [0.15, 0.2) is 0 Å². The highest BCUT2D eigenvalue weighted by Crippen LogP contribution is 2.18. The molecule has 4 nitrogen and oxygen atoms in total. The van der Waals surface area contributed by atoms with Crippen molar-refractivity contribution in [2.24, 2.45) is 5.73 Å². The van der Waals surface area contributed by atoms with Crippen molar-refractivity contribution < 1.29 is 8.42 Å². The highest BCUT2D eigenvalue weighted by Gasteiger charge is 2.12. The fraction of sp³-hybridized carbons (Fsp3) is 0.167. The maximum absolute atomic E-state index is 11.9. The van der Waals surface area contributed by atoms with Crippen molar-refractivity contribution in [3.05, 3.63) is 42.5 Å². The van der Waals surface area contributed by atoms with Gasteiger partial charge in [-0.15, -0.1) is 0 Å². The van der Waals surface area contributed by atoms with Crippen LogP contribution in [0.3, 0.4) is 0 Å². The van der Waals surface area contributed by atoms with Crippen molar-refractivity contribution in [1.29, 1.82) is 0 Å². The van der Waals surface area contributed by atoms with Gasteiger partial charge in [0.05, 0.1) is 4.90 Å². The van der Waals surface area contributed by atoms with E-state index in [1.807, 2.05) is 24.3 Å². The Morgan fingerprint density at radius 2 is 1.76 bits per heavy atom. The van der Waals surface area contributed by atoms with Crippen molar-refractivity contribution in [2.45, 2.75) is 4.90 Å². The second-order valence-electron chi connectivity index (χ2n) is 3.70. The molecule has 90 valence electrons. The second-order valence-corrected chi connectivity index (χ2v) is 5.46. The number of nitrogens with one attached hydrogen (secondary N) is 1. The molecule has 0 spiro atoms. The number of nitrogens with two attached hydrogens (primary N) is 1. The molecule has 0 amide bonds. The molecule has 17 heavy (non-hydrogen) atoms. The maximum Gasteiger partial charge on any atom is 0.240 e. The monoisotopic (exact) mass is 250 g/mol. The summed E-state index contributed by atoms with van der Waals surface area (Å²) in [6, 6.07) is 12.7. The largest absolute Gasteiger partial charge is 0.329 e. The number of sulfonamides is 1. The first-order chi connectivity index (χ1) is 8.13. The Morgan fingerprint density at radius 1 is 1.06 bits per heavy atom. The Kier molecular flexibility index (Phi) is 3.42. The molecule has 0 unspecified atom stereocenters. The SMILES string of the molecule is NCCNS(=O)(=O)c1ccc2ccccc2c1. The summed E-state index contributed by atoms with van der Waals surface area (Å²) in [7, 11) is -3.44. The molecule has 0 aliphatic carbocycles. The lowest BCUT2D eigenvalue weighted by Crippen LogP contribution is -2.29. The lowest BCUT2D eigenvalue weighted by molar-refractivity contribution is 0.582. The third-order valence-electron chi connectivity index (χ3n) is 2.47. The highest BCUT2D eigenvalue weighted by atomic mass is 32.2. The van der Waals surface area contributed by atoms with Crippen molar-refractivity contribution in [1.82, 2.24) is 4.72 Å². The molecule has 0 aliphatic heterocycles. The number of rotatable bonds is 4. The third-order valence-corrected chi connectivity index (χ3v) is 3.93. The molecule has 2 rings (SSSR count). The predicted molar refractivity (Wildman–Crippen MR) is 68.2 cm³/mol. The summed E-state index contributed by atoms with van der Waals surface area (Å²) in [4.78, 5) is 0.268. The molecule has 2 aromatic rings. The van der Waals surface area contributed by atoms with Gasteiger partial charge in [0.2, 0.25) is 10.0 Å². The minimum atomic E-state index is -3.44. The van der Waals surface area contributed by atoms with Gasteiger partial charge in [-0.1, -0.05) is 30.3 Å². The average Bonchev–Trinajstić information content (AvgIpc) is 2.36. The van der Waals surface area contributed by atoms with Gasteiger partial charge in [-0.3, -0.25) is 0 Å². The summed E-state index contributed by atoms with van der Waals surface area (Å²) in [5.41, 5.74) is 5.28. The van der Waals surface area contributed by atoms with Crippen molar-refractivity contribution in [3.63, 3.8) is 0 Å². The Morgan fingerprint density at radius 3 is 2.47 bits per heavy atom. The van der Waals surface area contributed by atoms with Crippen LogP contribution in [0.4, 0.5) is 0 Å². The van der Waals surface area contributed by atoms with Gasteiger partial charge in [-0.2, -0.15) is 0 Å². The van der Waals surface area contributed by atoms with E-state index in [0.29, 0.717) is 0 Å². The fourth-order valence-electron chi connectivity index (χ4n) is 1.61. The normalized spacial score (nSPS) is 11.8. The molecule has 2 aromatic carbocycles. The minimum Gasteiger partial charge on any atom is -0.329 e. The van der Waals surface area contributed by atoms with Gasteiger partial charge in [-0.25, -0.2) is 13.1 Å². The molecular weight excluding hydrogens is 236 g/mol. The molecule has 0 bridgehead atoms. The van der Waals surface area contributed by atoms with Crippen LogP contribution in [0.5, 0.6) is 0 Å². The molecule has 0 aromatic heterocycles. The Labute approximate surface area is 100 Å². The van der Waals surface area contributed by atoms with Crippen molar-refractivity contribution in [2.75, 3.05) is 13.1 Å². The molecule has 0 atom stereocenters. The Bertz CT molecular complexity index is 623. The molecule has 0 saturated heterocycles. The van der Waals surface area contributed by atoms with Crippen LogP contribution in [-0.2, 0) is 10.0 Å². The van der Waals surface area contributed by atoms with Crippen LogP contribution in [0.2, 0.25) is 0 Å². The summed E-state index contributed by atoms with van der Waals surface area (Å²) in [6.45, 7) is 0.530. The van der Waals surface area contributed by atoms with E-state index < -0.39 is 10.0 Å². The van der Waals surface area contributed by atoms with E-state index in [1.54, 1.807) is 18.2 Å². The zero-order valence-corrected chi connectivity index (χ0v) is 10.1. The van der Waals surface area contributed by atoms with E-state index in [-0.39, 0.29) is 18.0 Å². The smallest absolute Gasteiger partial charge is 0.240 e. The topological polar surface area (TPSA) is 72.2 Å². The van der Waals surface area contributed by atoms with E-state index in [4.69, 9.17) is 5.73 Å². The molecular formula is C12H14N2O2S. The zero-order valence-electron chi connectivity index (χ0n) is 9.26. The Balaban J connectivity index is 2.42. The number of benzene rings is 2. The maximum atomic E-state index is 11.9. The van der Waals surface area contributed by atoms with Crippen LogP contribution < -0.4 is 10.5 Å². The molecule has 0 fully saturated rings. The van der Waals surface area contributed by atoms with Gasteiger partial charge in [0, 0.05) is 13.1 Å². The van der Waals surface area contributed by atoms with E-state index >= 15 is 0 Å². The lowest BCUT2D eigenvalue weighted by Gasteiger charge is -2.06. The number of hydrogen-bond donors (Lipinski definition) is 2. The van der Waals surface area contributed by atoms with Crippen LogP contribution in [0.25, 0.3) is 10.8 Å². The molecule has 0 saturated carbocycles. The number of hydrogen-bond acceptors (Lipinski definition) is 3. The summed E-state index contributed by atoms with van der Waals surface area (Å²) in [5, 5.41) is 1.92.